The van der Waals surface area contributed by atoms with Gasteiger partial charge in [0.15, 0.2) is 0 Å². The Morgan fingerprint density at radius 1 is 1.09 bits per heavy atom. The van der Waals surface area contributed by atoms with Crippen molar-refractivity contribution in [3.63, 3.8) is 0 Å². The number of rotatable bonds is 10. The minimum atomic E-state index is -3.54. The molecule has 4 nitrogen and oxygen atoms in total. The quantitative estimate of drug-likeness (QED) is 0.655. The second-order valence-electron chi connectivity index (χ2n) is 6.13. The van der Waals surface area contributed by atoms with Crippen LogP contribution >= 0.6 is 0 Å². The molecule has 23 heavy (non-hydrogen) atoms. The molecule has 0 radical (unpaired) electrons. The number of hydrogen-bond acceptors (Lipinski definition) is 3. The molecule has 0 bridgehead atoms. The third-order valence-electron chi connectivity index (χ3n) is 3.82. The van der Waals surface area contributed by atoms with Crippen molar-refractivity contribution >= 4 is 10.0 Å². The summed E-state index contributed by atoms with van der Waals surface area (Å²) in [6.07, 6.45) is 0. The van der Waals surface area contributed by atoms with Crippen molar-refractivity contribution in [1.82, 2.24) is 9.21 Å². The van der Waals surface area contributed by atoms with Crippen LogP contribution in [-0.2, 0) is 15.8 Å². The fourth-order valence-electron chi connectivity index (χ4n) is 2.45. The van der Waals surface area contributed by atoms with Crippen LogP contribution in [-0.4, -0.2) is 50.3 Å². The molecule has 0 saturated carbocycles. The molecule has 0 N–H and O–H groups in total. The third kappa shape index (κ3) is 6.57. The summed E-state index contributed by atoms with van der Waals surface area (Å²) < 4.78 is 40.7. The summed E-state index contributed by atoms with van der Waals surface area (Å²) in [5, 5.41) is 0. The zero-order valence-corrected chi connectivity index (χ0v) is 15.4. The van der Waals surface area contributed by atoms with Crippen LogP contribution in [0.2, 0.25) is 0 Å². The minimum absolute atomic E-state index is 0.224. The van der Waals surface area contributed by atoms with Gasteiger partial charge < -0.3 is 4.90 Å². The molecule has 1 rings (SSSR count). The highest BCUT2D eigenvalue weighted by molar-refractivity contribution is 7.88. The fraction of sp³-hybridized carbons (Fsp3) is 0.647. The molecule has 1 aromatic carbocycles. The molecule has 0 fully saturated rings. The maximum atomic E-state index is 13.8. The lowest BCUT2D eigenvalue weighted by Gasteiger charge is -2.27. The number of sulfonamides is 1. The van der Waals surface area contributed by atoms with E-state index in [9.17, 15) is 12.8 Å². The van der Waals surface area contributed by atoms with Crippen molar-refractivity contribution in [2.45, 2.75) is 33.4 Å². The second-order valence-corrected chi connectivity index (χ2v) is 8.10. The lowest BCUT2D eigenvalue weighted by atomic mass is 10.2. The topological polar surface area (TPSA) is 40.6 Å². The van der Waals surface area contributed by atoms with E-state index in [-0.39, 0.29) is 17.2 Å². The van der Waals surface area contributed by atoms with Gasteiger partial charge >= 0.3 is 0 Å². The van der Waals surface area contributed by atoms with Crippen molar-refractivity contribution in [3.8, 4) is 0 Å². The molecule has 0 unspecified atom stereocenters. The monoisotopic (exact) mass is 344 g/mol. The molecule has 0 heterocycles. The fourth-order valence-corrected chi connectivity index (χ4v) is 4.14. The molecule has 0 atom stereocenters. The summed E-state index contributed by atoms with van der Waals surface area (Å²) in [7, 11) is -3.54. The molecule has 132 valence electrons. The van der Waals surface area contributed by atoms with Crippen LogP contribution in [0, 0.1) is 11.7 Å². The van der Waals surface area contributed by atoms with Gasteiger partial charge in [-0.15, -0.1) is 0 Å². The predicted octanol–water partition coefficient (Wildman–Crippen LogP) is 2.96. The third-order valence-corrected chi connectivity index (χ3v) is 5.61. The Bertz CT molecular complexity index is 572. The smallest absolute Gasteiger partial charge is 0.218 e. The van der Waals surface area contributed by atoms with Gasteiger partial charge in [0, 0.05) is 25.2 Å². The van der Waals surface area contributed by atoms with Gasteiger partial charge in [0.1, 0.15) is 5.82 Å². The van der Waals surface area contributed by atoms with Crippen LogP contribution in [0.5, 0.6) is 0 Å². The highest BCUT2D eigenvalue weighted by Gasteiger charge is 2.24. The Morgan fingerprint density at radius 2 is 1.70 bits per heavy atom. The molecule has 1 aromatic rings. The molecule has 0 spiro atoms. The van der Waals surface area contributed by atoms with E-state index in [1.54, 1.807) is 12.1 Å². The van der Waals surface area contributed by atoms with Gasteiger partial charge in [0.05, 0.1) is 5.75 Å². The van der Waals surface area contributed by atoms with E-state index in [0.29, 0.717) is 19.6 Å². The van der Waals surface area contributed by atoms with E-state index in [4.69, 9.17) is 0 Å². The van der Waals surface area contributed by atoms with Gasteiger partial charge in [-0.25, -0.2) is 17.1 Å². The average Bonchev–Trinajstić information content (AvgIpc) is 2.48. The Balaban J connectivity index is 2.88. The van der Waals surface area contributed by atoms with E-state index in [2.05, 4.69) is 18.7 Å². The molecule has 0 aliphatic heterocycles. The molecule has 0 aromatic heterocycles. The Hall–Kier alpha value is -0.980. The van der Waals surface area contributed by atoms with E-state index in [1.165, 1.54) is 16.4 Å². The van der Waals surface area contributed by atoms with E-state index in [1.807, 2.05) is 13.8 Å². The Morgan fingerprint density at radius 3 is 2.22 bits per heavy atom. The van der Waals surface area contributed by atoms with E-state index < -0.39 is 15.8 Å². The molecule has 0 saturated heterocycles. The number of likely N-dealkylation sites (N-methyl/N-ethyl adjacent to an activating group) is 1. The molecular weight excluding hydrogens is 315 g/mol. The molecule has 0 aliphatic rings. The summed E-state index contributed by atoms with van der Waals surface area (Å²) >= 11 is 0. The zero-order chi connectivity index (χ0) is 17.5. The lowest BCUT2D eigenvalue weighted by molar-refractivity contribution is 0.262. The highest BCUT2D eigenvalue weighted by Crippen LogP contribution is 2.15. The summed E-state index contributed by atoms with van der Waals surface area (Å²) in [5.74, 6) is -0.531. The van der Waals surface area contributed by atoms with Crippen LogP contribution < -0.4 is 0 Å². The Labute approximate surface area is 140 Å². The summed E-state index contributed by atoms with van der Waals surface area (Å²) in [6.45, 7) is 11.5. The SMILES string of the molecule is CCN(CC)CCN(CC(C)C)S(=O)(=O)Cc1ccccc1F. The van der Waals surface area contributed by atoms with Crippen LogP contribution in [0.25, 0.3) is 0 Å². The highest BCUT2D eigenvalue weighted by atomic mass is 32.2. The van der Waals surface area contributed by atoms with Gasteiger partial charge in [-0.05, 0) is 25.1 Å². The van der Waals surface area contributed by atoms with Gasteiger partial charge in [-0.2, -0.15) is 0 Å². The van der Waals surface area contributed by atoms with Gasteiger partial charge in [0.25, 0.3) is 0 Å². The van der Waals surface area contributed by atoms with Crippen LogP contribution in [0.15, 0.2) is 24.3 Å². The second kappa shape index (κ2) is 9.35. The number of hydrogen-bond donors (Lipinski definition) is 0. The zero-order valence-electron chi connectivity index (χ0n) is 14.6. The average molecular weight is 344 g/mol. The first-order chi connectivity index (χ1) is 10.8. The van der Waals surface area contributed by atoms with Gasteiger partial charge in [-0.3, -0.25) is 0 Å². The van der Waals surface area contributed by atoms with Gasteiger partial charge in [-0.1, -0.05) is 45.9 Å². The van der Waals surface area contributed by atoms with Gasteiger partial charge in [0.2, 0.25) is 10.0 Å². The molecule has 0 amide bonds. The summed E-state index contributed by atoms with van der Waals surface area (Å²) in [4.78, 5) is 2.19. The van der Waals surface area contributed by atoms with Crippen LogP contribution in [0.4, 0.5) is 4.39 Å². The number of halogens is 1. The molecule has 6 heteroatoms. The van der Waals surface area contributed by atoms with Crippen molar-refractivity contribution in [2.75, 3.05) is 32.7 Å². The van der Waals surface area contributed by atoms with Crippen molar-refractivity contribution in [3.05, 3.63) is 35.6 Å². The van der Waals surface area contributed by atoms with Crippen molar-refractivity contribution < 1.29 is 12.8 Å². The normalized spacial score (nSPS) is 12.5. The number of benzene rings is 1. The molecular formula is C17H29FN2O2S. The largest absolute Gasteiger partial charge is 0.303 e. The van der Waals surface area contributed by atoms with Crippen molar-refractivity contribution in [2.24, 2.45) is 5.92 Å². The van der Waals surface area contributed by atoms with Crippen LogP contribution in [0.1, 0.15) is 33.3 Å². The standard InChI is InChI=1S/C17H29FN2O2S/c1-5-19(6-2)11-12-20(13-15(3)4)23(21,22)14-16-9-7-8-10-17(16)18/h7-10,15H,5-6,11-14H2,1-4H3. The first-order valence-electron chi connectivity index (χ1n) is 8.23. The summed E-state index contributed by atoms with van der Waals surface area (Å²) in [5.41, 5.74) is 0.226. The summed E-state index contributed by atoms with van der Waals surface area (Å²) in [6, 6.07) is 6.06. The number of nitrogens with zero attached hydrogens (tertiary/aromatic N) is 2. The first kappa shape index (κ1) is 20.1. The Kier molecular flexibility index (Phi) is 8.16. The maximum Gasteiger partial charge on any atom is 0.218 e. The molecule has 0 aliphatic carbocycles. The maximum absolute atomic E-state index is 13.8. The van der Waals surface area contributed by atoms with Crippen LogP contribution in [0.3, 0.4) is 0 Å². The first-order valence-corrected chi connectivity index (χ1v) is 9.84. The lowest BCUT2D eigenvalue weighted by Crippen LogP contribution is -2.41. The predicted molar refractivity (Wildman–Crippen MR) is 93.2 cm³/mol. The van der Waals surface area contributed by atoms with E-state index >= 15 is 0 Å². The minimum Gasteiger partial charge on any atom is -0.303 e. The van der Waals surface area contributed by atoms with E-state index in [0.717, 1.165) is 13.1 Å². The van der Waals surface area contributed by atoms with Crippen molar-refractivity contribution in [1.29, 1.82) is 0 Å².